The third-order valence-corrected chi connectivity index (χ3v) is 3.21. The second-order valence-corrected chi connectivity index (χ2v) is 4.46. The molecule has 0 saturated heterocycles. The van der Waals surface area contributed by atoms with E-state index < -0.39 is 16.8 Å². The SMILES string of the molecule is CC1=C(C(=O)O)C(c2ccccc2[N+](=O)[O-])CC(=O)N1. The minimum atomic E-state index is -1.19. The third kappa shape index (κ3) is 2.37. The van der Waals surface area contributed by atoms with Gasteiger partial charge in [-0.2, -0.15) is 0 Å². The van der Waals surface area contributed by atoms with Gasteiger partial charge < -0.3 is 10.4 Å². The van der Waals surface area contributed by atoms with E-state index in [-0.39, 0.29) is 34.8 Å². The van der Waals surface area contributed by atoms with Gasteiger partial charge in [0, 0.05) is 29.7 Å². The number of nitro benzene ring substituents is 1. The van der Waals surface area contributed by atoms with E-state index in [1.165, 1.54) is 25.1 Å². The van der Waals surface area contributed by atoms with Crippen LogP contribution in [0.4, 0.5) is 5.69 Å². The standard InChI is InChI=1S/C13H12N2O5/c1-7-12(13(17)18)9(6-11(16)14-7)8-4-2-3-5-10(8)15(19)20/h2-5,9H,6H2,1H3,(H,14,16)(H,17,18). The molecule has 1 aliphatic heterocycles. The van der Waals surface area contributed by atoms with E-state index in [1.54, 1.807) is 6.07 Å². The van der Waals surface area contributed by atoms with Crippen molar-refractivity contribution in [1.82, 2.24) is 5.32 Å². The number of nitro groups is 1. The molecule has 1 heterocycles. The molecule has 7 nitrogen and oxygen atoms in total. The van der Waals surface area contributed by atoms with E-state index >= 15 is 0 Å². The lowest BCUT2D eigenvalue weighted by Gasteiger charge is -2.25. The first-order chi connectivity index (χ1) is 9.41. The van der Waals surface area contributed by atoms with Crippen LogP contribution in [0.25, 0.3) is 0 Å². The molecule has 0 aliphatic carbocycles. The number of carboxylic acids is 1. The highest BCUT2D eigenvalue weighted by Gasteiger charge is 2.35. The molecule has 1 aromatic rings. The van der Waals surface area contributed by atoms with Crippen LogP contribution in [0.1, 0.15) is 24.8 Å². The lowest BCUT2D eigenvalue weighted by molar-refractivity contribution is -0.385. The van der Waals surface area contributed by atoms with Gasteiger partial charge in [0.2, 0.25) is 5.91 Å². The molecule has 0 spiro atoms. The van der Waals surface area contributed by atoms with Crippen LogP contribution >= 0.6 is 0 Å². The molecule has 104 valence electrons. The van der Waals surface area contributed by atoms with Gasteiger partial charge in [-0.05, 0) is 6.92 Å². The van der Waals surface area contributed by atoms with Crippen LogP contribution in [0.3, 0.4) is 0 Å². The molecule has 1 aliphatic rings. The topological polar surface area (TPSA) is 110 Å². The number of rotatable bonds is 3. The fourth-order valence-electron chi connectivity index (χ4n) is 2.40. The van der Waals surface area contributed by atoms with E-state index in [0.29, 0.717) is 0 Å². The Hall–Kier alpha value is -2.70. The summed E-state index contributed by atoms with van der Waals surface area (Å²) in [5, 5.41) is 22.8. The minimum Gasteiger partial charge on any atom is -0.478 e. The van der Waals surface area contributed by atoms with Crippen molar-refractivity contribution < 1.29 is 19.6 Å². The van der Waals surface area contributed by atoms with Crippen molar-refractivity contribution >= 4 is 17.6 Å². The summed E-state index contributed by atoms with van der Waals surface area (Å²) in [4.78, 5) is 33.4. The van der Waals surface area contributed by atoms with Gasteiger partial charge in [0.25, 0.3) is 5.69 Å². The fourth-order valence-corrected chi connectivity index (χ4v) is 2.40. The van der Waals surface area contributed by atoms with Crippen LogP contribution < -0.4 is 5.32 Å². The van der Waals surface area contributed by atoms with E-state index in [2.05, 4.69) is 5.32 Å². The summed E-state index contributed by atoms with van der Waals surface area (Å²) in [7, 11) is 0. The van der Waals surface area contributed by atoms with Crippen LogP contribution in [0, 0.1) is 10.1 Å². The number of para-hydroxylation sites is 1. The largest absolute Gasteiger partial charge is 0.478 e. The molecule has 0 bridgehead atoms. The Kier molecular flexibility index (Phi) is 3.51. The second-order valence-electron chi connectivity index (χ2n) is 4.46. The zero-order chi connectivity index (χ0) is 14.9. The first-order valence-corrected chi connectivity index (χ1v) is 5.89. The van der Waals surface area contributed by atoms with E-state index in [0.717, 1.165) is 0 Å². The zero-order valence-electron chi connectivity index (χ0n) is 10.6. The van der Waals surface area contributed by atoms with E-state index in [4.69, 9.17) is 0 Å². The summed E-state index contributed by atoms with van der Waals surface area (Å²) in [6.45, 7) is 1.47. The Bertz CT molecular complexity index is 635. The fraction of sp³-hybridized carbons (Fsp3) is 0.231. The Morgan fingerprint density at radius 1 is 1.45 bits per heavy atom. The van der Waals surface area contributed by atoms with E-state index in [1.807, 2.05) is 0 Å². The number of carbonyl (C=O) groups is 2. The Morgan fingerprint density at radius 3 is 2.70 bits per heavy atom. The molecule has 20 heavy (non-hydrogen) atoms. The number of allylic oxidation sites excluding steroid dienone is 1. The third-order valence-electron chi connectivity index (χ3n) is 3.21. The van der Waals surface area contributed by atoms with Crippen molar-refractivity contribution in [3.8, 4) is 0 Å². The van der Waals surface area contributed by atoms with Gasteiger partial charge in [-0.25, -0.2) is 4.79 Å². The zero-order valence-corrected chi connectivity index (χ0v) is 10.6. The number of nitrogens with zero attached hydrogens (tertiary/aromatic N) is 1. The molecule has 2 rings (SSSR count). The highest BCUT2D eigenvalue weighted by atomic mass is 16.6. The molecular formula is C13H12N2O5. The summed E-state index contributed by atoms with van der Waals surface area (Å²) in [5.74, 6) is -2.36. The maximum atomic E-state index is 11.6. The van der Waals surface area contributed by atoms with Crippen LogP contribution in [0.2, 0.25) is 0 Å². The summed E-state index contributed by atoms with van der Waals surface area (Å²) >= 11 is 0. The Morgan fingerprint density at radius 2 is 2.10 bits per heavy atom. The van der Waals surface area contributed by atoms with Crippen LogP contribution in [-0.2, 0) is 9.59 Å². The number of benzene rings is 1. The highest BCUT2D eigenvalue weighted by Crippen LogP contribution is 2.37. The molecule has 1 unspecified atom stereocenters. The van der Waals surface area contributed by atoms with Crippen molar-refractivity contribution in [3.63, 3.8) is 0 Å². The number of carbonyl (C=O) groups excluding carboxylic acids is 1. The molecular weight excluding hydrogens is 264 g/mol. The number of carboxylic acid groups (broad SMARTS) is 1. The molecule has 1 atom stereocenters. The molecule has 0 aromatic heterocycles. The van der Waals surface area contributed by atoms with Gasteiger partial charge in [-0.15, -0.1) is 0 Å². The minimum absolute atomic E-state index is 0.0149. The maximum Gasteiger partial charge on any atom is 0.333 e. The first-order valence-electron chi connectivity index (χ1n) is 5.89. The van der Waals surface area contributed by atoms with Gasteiger partial charge in [-0.1, -0.05) is 18.2 Å². The van der Waals surface area contributed by atoms with Crippen LogP contribution in [-0.4, -0.2) is 21.9 Å². The average Bonchev–Trinajstić information content (AvgIpc) is 2.37. The van der Waals surface area contributed by atoms with Gasteiger partial charge in [0.1, 0.15) is 0 Å². The normalized spacial score (nSPS) is 18.6. The molecule has 0 radical (unpaired) electrons. The highest BCUT2D eigenvalue weighted by molar-refractivity contribution is 5.95. The van der Waals surface area contributed by atoms with Crippen molar-refractivity contribution in [2.24, 2.45) is 0 Å². The maximum absolute atomic E-state index is 11.6. The van der Waals surface area contributed by atoms with Gasteiger partial charge >= 0.3 is 5.97 Å². The van der Waals surface area contributed by atoms with E-state index in [9.17, 15) is 24.8 Å². The van der Waals surface area contributed by atoms with Crippen molar-refractivity contribution in [2.45, 2.75) is 19.3 Å². The number of hydrogen-bond acceptors (Lipinski definition) is 4. The Balaban J connectivity index is 2.61. The van der Waals surface area contributed by atoms with Gasteiger partial charge in [0.15, 0.2) is 0 Å². The summed E-state index contributed by atoms with van der Waals surface area (Å²) in [6.07, 6.45) is -0.121. The predicted molar refractivity (Wildman–Crippen MR) is 68.9 cm³/mol. The molecule has 7 heteroatoms. The number of aliphatic carboxylic acids is 1. The summed E-state index contributed by atoms with van der Waals surface area (Å²) in [6, 6.07) is 5.87. The molecule has 1 amide bonds. The van der Waals surface area contributed by atoms with Crippen LogP contribution in [0.15, 0.2) is 35.5 Å². The quantitative estimate of drug-likeness (QED) is 0.643. The summed E-state index contributed by atoms with van der Waals surface area (Å²) < 4.78 is 0. The smallest absolute Gasteiger partial charge is 0.333 e. The summed E-state index contributed by atoms with van der Waals surface area (Å²) in [5.41, 5.74) is 0.263. The van der Waals surface area contributed by atoms with Crippen molar-refractivity contribution in [2.75, 3.05) is 0 Å². The number of nitrogens with one attached hydrogen (secondary N) is 1. The second kappa shape index (κ2) is 5.12. The monoisotopic (exact) mass is 276 g/mol. The van der Waals surface area contributed by atoms with Crippen molar-refractivity contribution in [3.05, 3.63) is 51.2 Å². The number of hydrogen-bond donors (Lipinski definition) is 2. The lowest BCUT2D eigenvalue weighted by atomic mass is 9.84. The molecule has 2 N–H and O–H groups in total. The molecule has 1 aromatic carbocycles. The van der Waals surface area contributed by atoms with Gasteiger partial charge in [-0.3, -0.25) is 14.9 Å². The lowest BCUT2D eigenvalue weighted by Crippen LogP contribution is -2.33. The van der Waals surface area contributed by atoms with Crippen molar-refractivity contribution in [1.29, 1.82) is 0 Å². The molecule has 0 saturated carbocycles. The average molecular weight is 276 g/mol. The number of amides is 1. The van der Waals surface area contributed by atoms with Gasteiger partial charge in [0.05, 0.1) is 10.5 Å². The molecule has 0 fully saturated rings. The van der Waals surface area contributed by atoms with Crippen LogP contribution in [0.5, 0.6) is 0 Å². The Labute approximate surface area is 114 Å². The predicted octanol–water partition coefficient (Wildman–Crippen LogP) is 1.56. The first kappa shape index (κ1) is 13.7.